The molecule has 0 atom stereocenters. The van der Waals surface area contributed by atoms with Crippen LogP contribution in [0.25, 0.3) is 116 Å². The van der Waals surface area contributed by atoms with Gasteiger partial charge in [-0.1, -0.05) is 164 Å². The van der Waals surface area contributed by atoms with Gasteiger partial charge in [-0.05, 0) is 103 Å². The van der Waals surface area contributed by atoms with Crippen molar-refractivity contribution in [3.05, 3.63) is 218 Å². The Balaban J connectivity index is 1.07. The monoisotopic (exact) mass is 801 g/mol. The maximum Gasteiger partial charge on any atom is 0.164 e. The fourth-order valence-corrected chi connectivity index (χ4v) is 9.29. The number of hydrogen-bond donors (Lipinski definition) is 0. The predicted molar refractivity (Wildman–Crippen MR) is 259 cm³/mol. The minimum absolute atomic E-state index is 0.481. The molecule has 0 amide bonds. The summed E-state index contributed by atoms with van der Waals surface area (Å²) in [5.41, 5.74) is 10.4. The summed E-state index contributed by atoms with van der Waals surface area (Å²) in [6.07, 6.45) is 0. The Kier molecular flexibility index (Phi) is 8.48. The first kappa shape index (κ1) is 36.2. The molecule has 292 valence electrons. The van der Waals surface area contributed by atoms with Crippen LogP contribution in [0.2, 0.25) is 0 Å². The highest BCUT2D eigenvalue weighted by atomic mass is 15.0. The van der Waals surface area contributed by atoms with Crippen LogP contribution in [0.15, 0.2) is 212 Å². The Labute approximate surface area is 363 Å². The average molecular weight is 802 g/mol. The van der Waals surface area contributed by atoms with Crippen LogP contribution in [0.3, 0.4) is 0 Å². The number of aromatic nitrogens is 4. The molecule has 10 aromatic carbocycles. The third-order valence-corrected chi connectivity index (χ3v) is 12.2. The highest BCUT2D eigenvalue weighted by Gasteiger charge is 2.19. The van der Waals surface area contributed by atoms with Crippen molar-refractivity contribution in [3.8, 4) is 68.2 Å². The average Bonchev–Trinajstić information content (AvgIpc) is 3.71. The molecule has 2 aromatic heterocycles. The van der Waals surface area contributed by atoms with Crippen molar-refractivity contribution in [2.24, 2.45) is 0 Å². The Morgan fingerprint density at radius 2 is 0.730 bits per heavy atom. The van der Waals surface area contributed by atoms with E-state index in [0.29, 0.717) is 23.0 Å². The minimum atomic E-state index is 0.481. The van der Waals surface area contributed by atoms with Crippen LogP contribution in [0.5, 0.6) is 0 Å². The van der Waals surface area contributed by atoms with E-state index in [1.807, 2.05) is 18.2 Å². The van der Waals surface area contributed by atoms with E-state index in [1.54, 1.807) is 0 Å². The molecule has 0 saturated carbocycles. The van der Waals surface area contributed by atoms with E-state index in [0.717, 1.165) is 66.3 Å². The lowest BCUT2D eigenvalue weighted by molar-refractivity contribution is 1.07. The van der Waals surface area contributed by atoms with Crippen molar-refractivity contribution in [3.63, 3.8) is 0 Å². The molecule has 0 unspecified atom stereocenters. The van der Waals surface area contributed by atoms with E-state index in [-0.39, 0.29) is 0 Å². The summed E-state index contributed by atoms with van der Waals surface area (Å²) < 4.78 is 2.23. The third-order valence-electron chi connectivity index (χ3n) is 12.2. The van der Waals surface area contributed by atoms with Gasteiger partial charge >= 0.3 is 0 Å². The standard InChI is InChI=1S/C58H35N5/c59-36-37-30-44(34-45(31-37)63-54-26-10-8-24-51(54)52-25-9-11-27-55(52)63)58-61-56(42-19-13-18-41(33-42)40-17-12-16-39(32-40)38-14-2-1-3-15-38)60-57(62-58)43-28-29-50-48-22-5-4-20-46(48)47-21-6-7-23-49(47)53(50)35-43/h1-35H. The molecular formula is C58H35N5. The zero-order valence-electron chi connectivity index (χ0n) is 33.9. The van der Waals surface area contributed by atoms with E-state index in [1.165, 1.54) is 32.5 Å². The van der Waals surface area contributed by atoms with Gasteiger partial charge in [0.25, 0.3) is 0 Å². The highest BCUT2D eigenvalue weighted by Crippen LogP contribution is 2.39. The van der Waals surface area contributed by atoms with Crippen LogP contribution < -0.4 is 0 Å². The van der Waals surface area contributed by atoms with Crippen LogP contribution in [0, 0.1) is 11.3 Å². The van der Waals surface area contributed by atoms with Gasteiger partial charge in [0.1, 0.15) is 0 Å². The van der Waals surface area contributed by atoms with Gasteiger partial charge in [-0.25, -0.2) is 15.0 Å². The molecule has 0 spiro atoms. The molecule has 0 saturated heterocycles. The second-order valence-electron chi connectivity index (χ2n) is 15.9. The molecule has 0 bridgehead atoms. The molecule has 5 heteroatoms. The lowest BCUT2D eigenvalue weighted by Gasteiger charge is -2.14. The van der Waals surface area contributed by atoms with Crippen molar-refractivity contribution in [1.82, 2.24) is 19.5 Å². The summed E-state index contributed by atoms with van der Waals surface area (Å²) in [6.45, 7) is 0. The molecule has 0 aliphatic rings. The van der Waals surface area contributed by atoms with Gasteiger partial charge in [-0.3, -0.25) is 0 Å². The molecule has 0 aliphatic heterocycles. The molecule has 0 fully saturated rings. The van der Waals surface area contributed by atoms with E-state index in [2.05, 4.69) is 205 Å². The van der Waals surface area contributed by atoms with Gasteiger partial charge in [0.05, 0.1) is 22.7 Å². The van der Waals surface area contributed by atoms with Crippen LogP contribution >= 0.6 is 0 Å². The fraction of sp³-hybridized carbons (Fsp3) is 0. The first-order chi connectivity index (χ1) is 31.2. The molecule has 63 heavy (non-hydrogen) atoms. The summed E-state index contributed by atoms with van der Waals surface area (Å²) in [4.78, 5) is 15.7. The SMILES string of the molecule is N#Cc1cc(-c2nc(-c3cccc(-c4cccc(-c5ccccc5)c4)c3)nc(-c3ccc4c5ccccc5c5ccccc5c4c3)n2)cc(-n2c3ccccc3c3ccccc32)c1. The van der Waals surface area contributed by atoms with Crippen molar-refractivity contribution >= 4 is 54.1 Å². The second kappa shape index (κ2) is 14.8. The summed E-state index contributed by atoms with van der Waals surface area (Å²) in [6, 6.07) is 76.3. The number of rotatable bonds is 6. The number of benzene rings is 10. The van der Waals surface area contributed by atoms with Gasteiger partial charge < -0.3 is 4.57 Å². The molecule has 0 N–H and O–H groups in total. The Morgan fingerprint density at radius 3 is 1.32 bits per heavy atom. The Hall–Kier alpha value is -8.72. The zero-order valence-corrected chi connectivity index (χ0v) is 33.9. The van der Waals surface area contributed by atoms with Crippen molar-refractivity contribution in [2.45, 2.75) is 0 Å². The maximum absolute atomic E-state index is 10.5. The zero-order chi connectivity index (χ0) is 41.9. The van der Waals surface area contributed by atoms with Gasteiger partial charge in [0.2, 0.25) is 0 Å². The lowest BCUT2D eigenvalue weighted by Crippen LogP contribution is -2.02. The molecule has 5 nitrogen and oxygen atoms in total. The molecule has 0 radical (unpaired) electrons. The second-order valence-corrected chi connectivity index (χ2v) is 15.9. The van der Waals surface area contributed by atoms with Gasteiger partial charge in [-0.2, -0.15) is 5.26 Å². The molecule has 12 rings (SSSR count). The fourth-order valence-electron chi connectivity index (χ4n) is 9.29. The van der Waals surface area contributed by atoms with Crippen LogP contribution in [-0.2, 0) is 0 Å². The van der Waals surface area contributed by atoms with Crippen LogP contribution in [0.4, 0.5) is 0 Å². The smallest absolute Gasteiger partial charge is 0.164 e. The van der Waals surface area contributed by atoms with Gasteiger partial charge in [-0.15, -0.1) is 0 Å². The lowest BCUT2D eigenvalue weighted by atomic mass is 9.93. The van der Waals surface area contributed by atoms with E-state index < -0.39 is 0 Å². The van der Waals surface area contributed by atoms with Crippen LogP contribution in [-0.4, -0.2) is 19.5 Å². The van der Waals surface area contributed by atoms with Crippen molar-refractivity contribution in [1.29, 1.82) is 5.26 Å². The number of fused-ring (bicyclic) bond motifs is 9. The molecule has 12 aromatic rings. The summed E-state index contributed by atoms with van der Waals surface area (Å²) in [7, 11) is 0. The third kappa shape index (κ3) is 6.20. The summed E-state index contributed by atoms with van der Waals surface area (Å²) in [5.74, 6) is 1.57. The number of nitriles is 1. The highest BCUT2D eigenvalue weighted by molar-refractivity contribution is 6.25. The van der Waals surface area contributed by atoms with Crippen LogP contribution in [0.1, 0.15) is 5.56 Å². The first-order valence-electron chi connectivity index (χ1n) is 21.1. The molecular weight excluding hydrogens is 767 g/mol. The largest absolute Gasteiger partial charge is 0.309 e. The Bertz CT molecular complexity index is 3730. The van der Waals surface area contributed by atoms with E-state index in [4.69, 9.17) is 15.0 Å². The maximum atomic E-state index is 10.5. The summed E-state index contributed by atoms with van der Waals surface area (Å²) in [5, 5.41) is 19.9. The number of hydrogen-bond acceptors (Lipinski definition) is 4. The van der Waals surface area contributed by atoms with Crippen molar-refractivity contribution < 1.29 is 0 Å². The predicted octanol–water partition coefficient (Wildman–Crippen LogP) is 14.6. The van der Waals surface area contributed by atoms with Crippen molar-refractivity contribution in [2.75, 3.05) is 0 Å². The Morgan fingerprint density at radius 1 is 0.302 bits per heavy atom. The normalized spacial score (nSPS) is 11.5. The number of nitrogens with zero attached hydrogens (tertiary/aromatic N) is 5. The topological polar surface area (TPSA) is 67.4 Å². The minimum Gasteiger partial charge on any atom is -0.309 e. The van der Waals surface area contributed by atoms with Gasteiger partial charge in [0, 0.05) is 33.2 Å². The van der Waals surface area contributed by atoms with Gasteiger partial charge in [0.15, 0.2) is 17.5 Å². The molecule has 0 aliphatic carbocycles. The number of para-hydroxylation sites is 2. The molecule has 2 heterocycles. The van der Waals surface area contributed by atoms with E-state index >= 15 is 0 Å². The quantitative estimate of drug-likeness (QED) is 0.157. The first-order valence-corrected chi connectivity index (χ1v) is 21.1. The summed E-state index contributed by atoms with van der Waals surface area (Å²) >= 11 is 0. The van der Waals surface area contributed by atoms with E-state index in [9.17, 15) is 5.26 Å².